The standard InChI is InChI=1S/C17H15ClN4O2/c1-11-20-16(22-24-11)10-19-15-8-3-2-7-14(15)17(23)21-13-6-4-5-12(18)9-13/h2-9,19H,10H2,1H3,(H,21,23). The van der Waals surface area contributed by atoms with Gasteiger partial charge >= 0.3 is 0 Å². The van der Waals surface area contributed by atoms with Gasteiger partial charge in [0.2, 0.25) is 5.89 Å². The van der Waals surface area contributed by atoms with E-state index in [4.69, 9.17) is 16.1 Å². The van der Waals surface area contributed by atoms with E-state index >= 15 is 0 Å². The van der Waals surface area contributed by atoms with Gasteiger partial charge in [-0.1, -0.05) is 35.0 Å². The summed E-state index contributed by atoms with van der Waals surface area (Å²) in [5.74, 6) is 0.793. The van der Waals surface area contributed by atoms with Crippen LogP contribution in [0.4, 0.5) is 11.4 Å². The second-order valence-electron chi connectivity index (χ2n) is 5.09. The fourth-order valence-corrected chi connectivity index (χ4v) is 2.38. The van der Waals surface area contributed by atoms with Crippen molar-refractivity contribution in [3.8, 4) is 0 Å². The number of halogens is 1. The Labute approximate surface area is 143 Å². The topological polar surface area (TPSA) is 80.0 Å². The van der Waals surface area contributed by atoms with E-state index in [2.05, 4.69) is 20.8 Å². The summed E-state index contributed by atoms with van der Waals surface area (Å²) in [5.41, 5.74) is 1.83. The van der Waals surface area contributed by atoms with E-state index in [0.29, 0.717) is 40.2 Å². The number of nitrogens with one attached hydrogen (secondary N) is 2. The Kier molecular flexibility index (Phi) is 4.77. The molecule has 0 saturated heterocycles. The van der Waals surface area contributed by atoms with Crippen LogP contribution in [0.25, 0.3) is 0 Å². The molecule has 3 aromatic rings. The smallest absolute Gasteiger partial charge is 0.257 e. The summed E-state index contributed by atoms with van der Waals surface area (Å²) in [4.78, 5) is 16.6. The summed E-state index contributed by atoms with van der Waals surface area (Å²) in [6.07, 6.45) is 0. The van der Waals surface area contributed by atoms with Crippen LogP contribution in [0, 0.1) is 6.92 Å². The van der Waals surface area contributed by atoms with Gasteiger partial charge in [0.15, 0.2) is 5.82 Å². The molecule has 0 fully saturated rings. The van der Waals surface area contributed by atoms with Crippen molar-refractivity contribution < 1.29 is 9.32 Å². The van der Waals surface area contributed by atoms with Crippen LogP contribution >= 0.6 is 11.6 Å². The average molecular weight is 343 g/mol. The van der Waals surface area contributed by atoms with Gasteiger partial charge in [-0.25, -0.2) is 0 Å². The number of amides is 1. The molecule has 2 N–H and O–H groups in total. The SMILES string of the molecule is Cc1nc(CNc2ccccc2C(=O)Nc2cccc(Cl)c2)no1. The number of nitrogens with zero attached hydrogens (tertiary/aromatic N) is 2. The normalized spacial score (nSPS) is 10.4. The molecule has 2 aromatic carbocycles. The van der Waals surface area contributed by atoms with E-state index in [1.54, 1.807) is 43.3 Å². The number of para-hydroxylation sites is 1. The van der Waals surface area contributed by atoms with E-state index in [-0.39, 0.29) is 5.91 Å². The molecule has 0 aliphatic rings. The van der Waals surface area contributed by atoms with Gasteiger partial charge < -0.3 is 15.2 Å². The Morgan fingerprint density at radius 1 is 1.21 bits per heavy atom. The molecule has 0 radical (unpaired) electrons. The minimum Gasteiger partial charge on any atom is -0.377 e. The number of benzene rings is 2. The molecule has 0 atom stereocenters. The molecule has 0 saturated carbocycles. The van der Waals surface area contributed by atoms with Crippen molar-refractivity contribution in [3.63, 3.8) is 0 Å². The van der Waals surface area contributed by atoms with Gasteiger partial charge in [0.25, 0.3) is 5.91 Å². The third-order valence-corrected chi connectivity index (χ3v) is 3.50. The van der Waals surface area contributed by atoms with Crippen LogP contribution in [-0.4, -0.2) is 16.0 Å². The summed E-state index contributed by atoms with van der Waals surface area (Å²) >= 11 is 5.94. The number of carbonyl (C=O) groups is 1. The fourth-order valence-electron chi connectivity index (χ4n) is 2.19. The van der Waals surface area contributed by atoms with Crippen LogP contribution in [-0.2, 0) is 6.54 Å². The van der Waals surface area contributed by atoms with Crippen molar-refractivity contribution in [2.45, 2.75) is 13.5 Å². The number of hydrogen-bond donors (Lipinski definition) is 2. The first-order valence-electron chi connectivity index (χ1n) is 7.31. The van der Waals surface area contributed by atoms with Crippen LogP contribution in [0.15, 0.2) is 53.1 Å². The lowest BCUT2D eigenvalue weighted by Crippen LogP contribution is -2.15. The van der Waals surface area contributed by atoms with Crippen molar-refractivity contribution in [3.05, 3.63) is 70.8 Å². The Hall–Kier alpha value is -2.86. The van der Waals surface area contributed by atoms with Gasteiger partial charge in [-0.2, -0.15) is 4.98 Å². The number of carbonyl (C=O) groups excluding carboxylic acids is 1. The summed E-state index contributed by atoms with van der Waals surface area (Å²) < 4.78 is 4.93. The maximum atomic E-state index is 12.5. The predicted octanol–water partition coefficient (Wildman–Crippen LogP) is 3.90. The molecule has 1 aromatic heterocycles. The van der Waals surface area contributed by atoms with Gasteiger partial charge in [-0.3, -0.25) is 4.79 Å². The van der Waals surface area contributed by atoms with Crippen molar-refractivity contribution in [2.24, 2.45) is 0 Å². The molecule has 3 rings (SSSR count). The third kappa shape index (κ3) is 3.91. The van der Waals surface area contributed by atoms with Gasteiger partial charge in [0, 0.05) is 23.3 Å². The maximum Gasteiger partial charge on any atom is 0.257 e. The van der Waals surface area contributed by atoms with Crippen LogP contribution in [0.2, 0.25) is 5.02 Å². The quantitative estimate of drug-likeness (QED) is 0.735. The lowest BCUT2D eigenvalue weighted by atomic mass is 10.1. The Balaban J connectivity index is 1.74. The van der Waals surface area contributed by atoms with Crippen LogP contribution in [0.1, 0.15) is 22.1 Å². The highest BCUT2D eigenvalue weighted by Gasteiger charge is 2.12. The van der Waals surface area contributed by atoms with E-state index in [1.807, 2.05) is 12.1 Å². The summed E-state index contributed by atoms with van der Waals surface area (Å²) in [6.45, 7) is 2.09. The number of aryl methyl sites for hydroxylation is 1. The van der Waals surface area contributed by atoms with Crippen molar-refractivity contribution in [1.29, 1.82) is 0 Å². The first kappa shape index (κ1) is 16.0. The molecule has 0 bridgehead atoms. The zero-order valence-corrected chi connectivity index (χ0v) is 13.7. The first-order valence-corrected chi connectivity index (χ1v) is 7.68. The summed E-state index contributed by atoms with van der Waals surface area (Å²) in [6, 6.07) is 14.2. The fraction of sp³-hybridized carbons (Fsp3) is 0.118. The average Bonchev–Trinajstić information content (AvgIpc) is 2.99. The molecule has 7 heteroatoms. The van der Waals surface area contributed by atoms with Gasteiger partial charge in [-0.15, -0.1) is 0 Å². The molecule has 122 valence electrons. The van der Waals surface area contributed by atoms with Crippen molar-refractivity contribution in [2.75, 3.05) is 10.6 Å². The summed E-state index contributed by atoms with van der Waals surface area (Å²) in [7, 11) is 0. The highest BCUT2D eigenvalue weighted by atomic mass is 35.5. The minimum atomic E-state index is -0.232. The van der Waals surface area contributed by atoms with Gasteiger partial charge in [0.05, 0.1) is 12.1 Å². The molecule has 24 heavy (non-hydrogen) atoms. The molecule has 0 aliphatic carbocycles. The largest absolute Gasteiger partial charge is 0.377 e. The molecule has 0 aliphatic heterocycles. The van der Waals surface area contributed by atoms with E-state index in [1.165, 1.54) is 0 Å². The Morgan fingerprint density at radius 2 is 2.04 bits per heavy atom. The number of rotatable bonds is 5. The number of hydrogen-bond acceptors (Lipinski definition) is 5. The molecular formula is C17H15ClN4O2. The number of anilines is 2. The lowest BCUT2D eigenvalue weighted by Gasteiger charge is -2.11. The van der Waals surface area contributed by atoms with Crippen molar-refractivity contribution >= 4 is 28.9 Å². The predicted molar refractivity (Wildman–Crippen MR) is 92.2 cm³/mol. The molecular weight excluding hydrogens is 328 g/mol. The molecule has 1 amide bonds. The van der Waals surface area contributed by atoms with E-state index in [9.17, 15) is 4.79 Å². The van der Waals surface area contributed by atoms with Crippen molar-refractivity contribution in [1.82, 2.24) is 10.1 Å². The third-order valence-electron chi connectivity index (χ3n) is 3.26. The second kappa shape index (κ2) is 7.14. The van der Waals surface area contributed by atoms with Crippen LogP contribution < -0.4 is 10.6 Å². The number of aromatic nitrogens is 2. The Bertz CT molecular complexity index is 863. The van der Waals surface area contributed by atoms with Gasteiger partial charge in [-0.05, 0) is 30.3 Å². The van der Waals surface area contributed by atoms with Crippen LogP contribution in [0.5, 0.6) is 0 Å². The first-order chi connectivity index (χ1) is 11.6. The lowest BCUT2D eigenvalue weighted by molar-refractivity contribution is 0.102. The maximum absolute atomic E-state index is 12.5. The Morgan fingerprint density at radius 3 is 2.79 bits per heavy atom. The summed E-state index contributed by atoms with van der Waals surface area (Å²) in [5, 5.41) is 10.4. The minimum absolute atomic E-state index is 0.232. The zero-order chi connectivity index (χ0) is 16.9. The van der Waals surface area contributed by atoms with E-state index < -0.39 is 0 Å². The van der Waals surface area contributed by atoms with Crippen LogP contribution in [0.3, 0.4) is 0 Å². The zero-order valence-electron chi connectivity index (χ0n) is 12.9. The highest BCUT2D eigenvalue weighted by molar-refractivity contribution is 6.31. The molecule has 0 spiro atoms. The van der Waals surface area contributed by atoms with Gasteiger partial charge in [0.1, 0.15) is 0 Å². The highest BCUT2D eigenvalue weighted by Crippen LogP contribution is 2.20. The molecule has 6 nitrogen and oxygen atoms in total. The van der Waals surface area contributed by atoms with E-state index in [0.717, 1.165) is 0 Å². The monoisotopic (exact) mass is 342 g/mol. The molecule has 1 heterocycles. The molecule has 0 unspecified atom stereocenters. The second-order valence-corrected chi connectivity index (χ2v) is 5.53.